The maximum atomic E-state index is 4.71. The summed E-state index contributed by atoms with van der Waals surface area (Å²) in [6.45, 7) is 11.7. The molecule has 7 heteroatoms. The van der Waals surface area contributed by atoms with Crippen molar-refractivity contribution in [3.8, 4) is 0 Å². The SMILES string of the molecule is CCNC(=NCc1c(C)nn(C)c1C)NCCCCn1ccnc1C. The van der Waals surface area contributed by atoms with Gasteiger partial charge in [0, 0.05) is 50.3 Å². The molecule has 0 saturated carbocycles. The Kier molecular flexibility index (Phi) is 7.03. The van der Waals surface area contributed by atoms with E-state index in [1.807, 2.05) is 38.0 Å². The van der Waals surface area contributed by atoms with Gasteiger partial charge in [0.15, 0.2) is 5.96 Å². The van der Waals surface area contributed by atoms with Crippen LogP contribution in [0, 0.1) is 20.8 Å². The fraction of sp³-hybridized carbons (Fsp3) is 0.611. The van der Waals surface area contributed by atoms with Crippen LogP contribution in [0.4, 0.5) is 0 Å². The number of guanidine groups is 1. The molecule has 0 aliphatic heterocycles. The molecule has 2 aromatic heterocycles. The monoisotopic (exact) mass is 345 g/mol. The molecule has 0 aliphatic carbocycles. The summed E-state index contributed by atoms with van der Waals surface area (Å²) in [5.41, 5.74) is 3.43. The van der Waals surface area contributed by atoms with Crippen LogP contribution in [0.3, 0.4) is 0 Å². The van der Waals surface area contributed by atoms with E-state index in [4.69, 9.17) is 4.99 Å². The van der Waals surface area contributed by atoms with Gasteiger partial charge in [-0.05, 0) is 40.5 Å². The lowest BCUT2D eigenvalue weighted by molar-refractivity contribution is 0.588. The van der Waals surface area contributed by atoms with E-state index < -0.39 is 0 Å². The van der Waals surface area contributed by atoms with E-state index >= 15 is 0 Å². The van der Waals surface area contributed by atoms with Crippen LogP contribution in [-0.2, 0) is 20.1 Å². The fourth-order valence-corrected chi connectivity index (χ4v) is 2.80. The minimum Gasteiger partial charge on any atom is -0.357 e. The maximum absolute atomic E-state index is 4.71. The lowest BCUT2D eigenvalue weighted by Gasteiger charge is -2.11. The van der Waals surface area contributed by atoms with Crippen molar-refractivity contribution in [3.05, 3.63) is 35.2 Å². The predicted molar refractivity (Wildman–Crippen MR) is 102 cm³/mol. The molecule has 0 aliphatic rings. The van der Waals surface area contributed by atoms with Gasteiger partial charge in [-0.3, -0.25) is 4.68 Å². The first-order chi connectivity index (χ1) is 12.0. The van der Waals surface area contributed by atoms with Crippen molar-refractivity contribution in [1.82, 2.24) is 30.0 Å². The van der Waals surface area contributed by atoms with E-state index in [0.29, 0.717) is 6.54 Å². The van der Waals surface area contributed by atoms with Crippen molar-refractivity contribution < 1.29 is 0 Å². The van der Waals surface area contributed by atoms with Crippen molar-refractivity contribution in [2.24, 2.45) is 12.0 Å². The molecule has 2 aromatic rings. The van der Waals surface area contributed by atoms with Crippen LogP contribution in [0.2, 0.25) is 0 Å². The van der Waals surface area contributed by atoms with Crippen molar-refractivity contribution >= 4 is 5.96 Å². The Hall–Kier alpha value is -2.31. The first-order valence-corrected chi connectivity index (χ1v) is 9.02. The third-order valence-corrected chi connectivity index (χ3v) is 4.44. The molecule has 0 unspecified atom stereocenters. The summed E-state index contributed by atoms with van der Waals surface area (Å²) >= 11 is 0. The Morgan fingerprint density at radius 2 is 2.00 bits per heavy atom. The molecule has 0 spiro atoms. The zero-order chi connectivity index (χ0) is 18.2. The molecule has 0 fully saturated rings. The number of hydrogen-bond donors (Lipinski definition) is 2. The van der Waals surface area contributed by atoms with Gasteiger partial charge in [-0.15, -0.1) is 0 Å². The highest BCUT2D eigenvalue weighted by atomic mass is 15.3. The second-order valence-corrected chi connectivity index (χ2v) is 6.27. The van der Waals surface area contributed by atoms with Gasteiger partial charge in [0.2, 0.25) is 0 Å². The van der Waals surface area contributed by atoms with Crippen LogP contribution in [-0.4, -0.2) is 38.4 Å². The third kappa shape index (κ3) is 5.34. The van der Waals surface area contributed by atoms with Crippen LogP contribution in [0.25, 0.3) is 0 Å². The van der Waals surface area contributed by atoms with Gasteiger partial charge < -0.3 is 15.2 Å². The Morgan fingerprint density at radius 3 is 2.60 bits per heavy atom. The van der Waals surface area contributed by atoms with E-state index in [1.54, 1.807) is 0 Å². The molecule has 2 rings (SSSR count). The van der Waals surface area contributed by atoms with Gasteiger partial charge in [-0.2, -0.15) is 5.10 Å². The molecule has 0 aromatic carbocycles. The number of imidazole rings is 1. The Bertz CT molecular complexity index is 696. The summed E-state index contributed by atoms with van der Waals surface area (Å²) in [4.78, 5) is 8.95. The Morgan fingerprint density at radius 1 is 1.20 bits per heavy atom. The standard InChI is InChI=1S/C18H31N7/c1-6-19-18(22-13-17-14(2)23-24(5)15(17)3)21-9-7-8-11-25-12-10-20-16(25)4/h10,12H,6-9,11,13H2,1-5H3,(H2,19,21,22). The number of unbranched alkanes of at least 4 members (excludes halogenated alkanes) is 1. The van der Waals surface area contributed by atoms with E-state index in [2.05, 4.69) is 39.1 Å². The summed E-state index contributed by atoms with van der Waals surface area (Å²) in [6.07, 6.45) is 6.09. The second-order valence-electron chi connectivity index (χ2n) is 6.27. The van der Waals surface area contributed by atoms with Crippen LogP contribution in [0.5, 0.6) is 0 Å². The minimum atomic E-state index is 0.648. The first-order valence-electron chi connectivity index (χ1n) is 9.02. The fourth-order valence-electron chi connectivity index (χ4n) is 2.80. The van der Waals surface area contributed by atoms with Gasteiger partial charge in [-0.1, -0.05) is 0 Å². The number of hydrogen-bond acceptors (Lipinski definition) is 3. The summed E-state index contributed by atoms with van der Waals surface area (Å²) < 4.78 is 4.10. The van der Waals surface area contributed by atoms with Gasteiger partial charge in [0.1, 0.15) is 5.82 Å². The number of aromatic nitrogens is 4. The molecular formula is C18H31N7. The highest BCUT2D eigenvalue weighted by molar-refractivity contribution is 5.79. The molecule has 0 bridgehead atoms. The van der Waals surface area contributed by atoms with E-state index in [9.17, 15) is 0 Å². The number of aryl methyl sites for hydroxylation is 4. The molecule has 25 heavy (non-hydrogen) atoms. The smallest absolute Gasteiger partial charge is 0.191 e. The summed E-state index contributed by atoms with van der Waals surface area (Å²) in [6, 6.07) is 0. The number of nitrogens with zero attached hydrogens (tertiary/aromatic N) is 5. The maximum Gasteiger partial charge on any atom is 0.191 e. The van der Waals surface area contributed by atoms with Crippen LogP contribution in [0.15, 0.2) is 17.4 Å². The molecule has 0 saturated heterocycles. The third-order valence-electron chi connectivity index (χ3n) is 4.44. The lowest BCUT2D eigenvalue weighted by atomic mass is 10.2. The average Bonchev–Trinajstić information content (AvgIpc) is 3.09. The summed E-state index contributed by atoms with van der Waals surface area (Å²) in [5.74, 6) is 1.94. The minimum absolute atomic E-state index is 0.648. The van der Waals surface area contributed by atoms with Gasteiger partial charge in [-0.25, -0.2) is 9.98 Å². The second kappa shape index (κ2) is 9.25. The Labute approximate surface area is 150 Å². The van der Waals surface area contributed by atoms with E-state index in [0.717, 1.165) is 50.0 Å². The normalized spacial score (nSPS) is 11.8. The van der Waals surface area contributed by atoms with Crippen LogP contribution >= 0.6 is 0 Å². The summed E-state index contributed by atoms with van der Waals surface area (Å²) in [7, 11) is 1.97. The molecule has 0 radical (unpaired) electrons. The molecule has 138 valence electrons. The van der Waals surface area contributed by atoms with Crippen LogP contribution in [0.1, 0.15) is 42.5 Å². The van der Waals surface area contributed by atoms with Crippen LogP contribution < -0.4 is 10.6 Å². The van der Waals surface area contributed by atoms with Crippen molar-refractivity contribution in [1.29, 1.82) is 0 Å². The molecule has 0 atom stereocenters. The average molecular weight is 345 g/mol. The quantitative estimate of drug-likeness (QED) is 0.436. The van der Waals surface area contributed by atoms with Crippen molar-refractivity contribution in [3.63, 3.8) is 0 Å². The molecule has 0 amide bonds. The molecule has 2 heterocycles. The van der Waals surface area contributed by atoms with Crippen molar-refractivity contribution in [2.45, 2.75) is 53.6 Å². The number of nitrogens with one attached hydrogen (secondary N) is 2. The van der Waals surface area contributed by atoms with Gasteiger partial charge >= 0.3 is 0 Å². The topological polar surface area (TPSA) is 72.1 Å². The molecule has 7 nitrogen and oxygen atoms in total. The summed E-state index contributed by atoms with van der Waals surface area (Å²) in [5, 5.41) is 11.2. The zero-order valence-corrected chi connectivity index (χ0v) is 16.1. The number of aliphatic imine (C=N–C) groups is 1. The lowest BCUT2D eigenvalue weighted by Crippen LogP contribution is -2.37. The highest BCUT2D eigenvalue weighted by Gasteiger charge is 2.08. The van der Waals surface area contributed by atoms with Gasteiger partial charge in [0.05, 0.1) is 12.2 Å². The van der Waals surface area contributed by atoms with E-state index in [1.165, 1.54) is 11.3 Å². The largest absolute Gasteiger partial charge is 0.357 e. The van der Waals surface area contributed by atoms with Crippen molar-refractivity contribution in [2.75, 3.05) is 13.1 Å². The first kappa shape index (κ1) is 19.0. The highest BCUT2D eigenvalue weighted by Crippen LogP contribution is 2.12. The molecule has 2 N–H and O–H groups in total. The zero-order valence-electron chi connectivity index (χ0n) is 16.1. The van der Waals surface area contributed by atoms with E-state index in [-0.39, 0.29) is 0 Å². The molecular weight excluding hydrogens is 314 g/mol. The Balaban J connectivity index is 1.80. The van der Waals surface area contributed by atoms with Gasteiger partial charge in [0.25, 0.3) is 0 Å². The number of rotatable bonds is 8. The predicted octanol–water partition coefficient (Wildman–Crippen LogP) is 2.08.